The fourth-order valence-electron chi connectivity index (χ4n) is 3.59. The number of nitrogens with zero attached hydrogens (tertiary/aromatic N) is 1. The van der Waals surface area contributed by atoms with Crippen molar-refractivity contribution in [2.75, 3.05) is 48.9 Å². The number of unbranched alkanes of at least 4 members (excludes halogenated alkanes) is 1. The van der Waals surface area contributed by atoms with Gasteiger partial charge in [-0.15, -0.1) is 0 Å². The number of ether oxygens (including phenoxy) is 1. The number of amides is 1. The summed E-state index contributed by atoms with van der Waals surface area (Å²) in [6.07, 6.45) is 4.92. The maximum atomic E-state index is 13.2. The molecule has 11 heteroatoms. The Hall–Kier alpha value is -2.63. The van der Waals surface area contributed by atoms with E-state index in [1.165, 1.54) is 19.2 Å². The SMILES string of the molecule is CC[C@@H](C)CCCCS(=N)(=O)c1ccc(NC(=O)c2cc(OCCNC)ccc2N(C)S(C)(=O)=O)cc1. The third kappa shape index (κ3) is 9.32. The van der Waals surface area contributed by atoms with Crippen molar-refractivity contribution in [3.8, 4) is 5.75 Å². The predicted molar refractivity (Wildman–Crippen MR) is 151 cm³/mol. The number of hydrogen-bond acceptors (Lipinski definition) is 7. The number of hydrogen-bond donors (Lipinski definition) is 3. The van der Waals surface area contributed by atoms with E-state index in [0.717, 1.165) is 36.2 Å². The van der Waals surface area contributed by atoms with Crippen molar-refractivity contribution in [1.82, 2.24) is 5.32 Å². The van der Waals surface area contributed by atoms with Crippen molar-refractivity contribution in [2.24, 2.45) is 5.92 Å². The molecule has 3 N–H and O–H groups in total. The molecule has 0 saturated heterocycles. The molecule has 0 aliphatic heterocycles. The number of benzene rings is 2. The van der Waals surface area contributed by atoms with Gasteiger partial charge in [-0.2, -0.15) is 0 Å². The van der Waals surface area contributed by atoms with Crippen LogP contribution in [-0.2, 0) is 19.8 Å². The second kappa shape index (κ2) is 13.8. The van der Waals surface area contributed by atoms with Crippen LogP contribution >= 0.6 is 0 Å². The molecule has 2 atom stereocenters. The van der Waals surface area contributed by atoms with E-state index in [9.17, 15) is 17.4 Å². The number of rotatable bonds is 15. The van der Waals surface area contributed by atoms with E-state index in [2.05, 4.69) is 24.5 Å². The topological polar surface area (TPSA) is 129 Å². The van der Waals surface area contributed by atoms with Gasteiger partial charge in [0.05, 0.1) is 27.2 Å². The Labute approximate surface area is 222 Å². The van der Waals surface area contributed by atoms with E-state index in [0.29, 0.717) is 41.2 Å². The van der Waals surface area contributed by atoms with Crippen molar-refractivity contribution in [3.63, 3.8) is 0 Å². The highest BCUT2D eigenvalue weighted by atomic mass is 32.2. The van der Waals surface area contributed by atoms with E-state index < -0.39 is 25.7 Å². The molecular weight excluding hydrogens is 512 g/mol. The van der Waals surface area contributed by atoms with Crippen molar-refractivity contribution in [2.45, 2.75) is 44.4 Å². The summed E-state index contributed by atoms with van der Waals surface area (Å²) >= 11 is 0. The van der Waals surface area contributed by atoms with Gasteiger partial charge in [0.15, 0.2) is 0 Å². The molecule has 0 spiro atoms. The highest BCUT2D eigenvalue weighted by Gasteiger charge is 2.21. The first-order chi connectivity index (χ1) is 17.4. The van der Waals surface area contributed by atoms with Gasteiger partial charge in [0.1, 0.15) is 12.4 Å². The maximum Gasteiger partial charge on any atom is 0.257 e. The number of carbonyl (C=O) groups is 1. The first-order valence-electron chi connectivity index (χ1n) is 12.4. The van der Waals surface area contributed by atoms with E-state index in [-0.39, 0.29) is 11.3 Å². The lowest BCUT2D eigenvalue weighted by Crippen LogP contribution is -2.27. The molecule has 37 heavy (non-hydrogen) atoms. The summed E-state index contributed by atoms with van der Waals surface area (Å²) in [5.41, 5.74) is 0.781. The average molecular weight is 553 g/mol. The summed E-state index contributed by atoms with van der Waals surface area (Å²) < 4.78 is 52.2. The number of anilines is 2. The molecule has 0 aliphatic rings. The summed E-state index contributed by atoms with van der Waals surface area (Å²) in [6.45, 7) is 5.33. The molecule has 0 saturated carbocycles. The van der Waals surface area contributed by atoms with Gasteiger partial charge >= 0.3 is 0 Å². The lowest BCUT2D eigenvalue weighted by atomic mass is 10.0. The fraction of sp³-hybridized carbons (Fsp3) is 0.500. The zero-order chi connectivity index (χ0) is 27.6. The summed E-state index contributed by atoms with van der Waals surface area (Å²) in [5.74, 6) is 0.845. The molecule has 2 rings (SSSR count). The number of likely N-dealkylation sites (N-methyl/N-ethyl adjacent to an activating group) is 1. The van der Waals surface area contributed by atoms with Gasteiger partial charge in [0, 0.05) is 29.9 Å². The zero-order valence-electron chi connectivity index (χ0n) is 22.4. The Morgan fingerprint density at radius 1 is 1.11 bits per heavy atom. The summed E-state index contributed by atoms with van der Waals surface area (Å²) in [6, 6.07) is 11.1. The molecule has 0 aromatic heterocycles. The molecule has 206 valence electrons. The van der Waals surface area contributed by atoms with Gasteiger partial charge in [-0.3, -0.25) is 9.10 Å². The summed E-state index contributed by atoms with van der Waals surface area (Å²) in [7, 11) is -3.35. The van der Waals surface area contributed by atoms with Gasteiger partial charge in [-0.1, -0.05) is 33.1 Å². The molecule has 1 amide bonds. The number of carbonyl (C=O) groups excluding carboxylic acids is 1. The van der Waals surface area contributed by atoms with Crippen LogP contribution in [0.5, 0.6) is 5.75 Å². The molecule has 2 aromatic rings. The van der Waals surface area contributed by atoms with Crippen LogP contribution in [0.2, 0.25) is 0 Å². The predicted octanol–water partition coefficient (Wildman–Crippen LogP) is 4.55. The molecule has 1 unspecified atom stereocenters. The van der Waals surface area contributed by atoms with Crippen LogP contribution < -0.4 is 19.7 Å². The van der Waals surface area contributed by atoms with E-state index in [1.807, 2.05) is 0 Å². The largest absolute Gasteiger partial charge is 0.492 e. The van der Waals surface area contributed by atoms with Crippen LogP contribution in [0.4, 0.5) is 11.4 Å². The third-order valence-corrected chi connectivity index (χ3v) is 9.33. The maximum absolute atomic E-state index is 13.2. The average Bonchev–Trinajstić information content (AvgIpc) is 2.86. The monoisotopic (exact) mass is 552 g/mol. The Balaban J connectivity index is 2.19. The van der Waals surface area contributed by atoms with Crippen LogP contribution in [-0.4, -0.2) is 57.8 Å². The molecule has 9 nitrogen and oxygen atoms in total. The van der Waals surface area contributed by atoms with Crippen LogP contribution in [0.3, 0.4) is 0 Å². The summed E-state index contributed by atoms with van der Waals surface area (Å²) in [4.78, 5) is 13.6. The van der Waals surface area contributed by atoms with Gasteiger partial charge in [0.25, 0.3) is 5.91 Å². The van der Waals surface area contributed by atoms with Crippen LogP contribution in [0.1, 0.15) is 49.9 Å². The molecule has 0 heterocycles. The van der Waals surface area contributed by atoms with Crippen LogP contribution in [0.15, 0.2) is 47.4 Å². The fourth-order valence-corrected chi connectivity index (χ4v) is 5.53. The molecule has 0 bridgehead atoms. The van der Waals surface area contributed by atoms with Crippen molar-refractivity contribution in [1.29, 1.82) is 4.78 Å². The molecule has 0 radical (unpaired) electrons. The minimum absolute atomic E-state index is 0.129. The highest BCUT2D eigenvalue weighted by molar-refractivity contribution is 7.92. The van der Waals surface area contributed by atoms with E-state index in [1.54, 1.807) is 37.4 Å². The van der Waals surface area contributed by atoms with Crippen LogP contribution in [0, 0.1) is 10.7 Å². The second-order valence-corrected chi connectivity index (χ2v) is 13.5. The third-order valence-electron chi connectivity index (χ3n) is 6.24. The molecular formula is C26H40N4O5S2. The Morgan fingerprint density at radius 3 is 2.38 bits per heavy atom. The van der Waals surface area contributed by atoms with Gasteiger partial charge in [0.2, 0.25) is 10.0 Å². The van der Waals surface area contributed by atoms with Gasteiger partial charge in [-0.25, -0.2) is 17.4 Å². The van der Waals surface area contributed by atoms with Crippen molar-refractivity contribution in [3.05, 3.63) is 48.0 Å². The number of sulfonamides is 1. The first kappa shape index (κ1) is 30.6. The zero-order valence-corrected chi connectivity index (χ0v) is 24.0. The molecule has 0 aliphatic carbocycles. The minimum Gasteiger partial charge on any atom is -0.492 e. The minimum atomic E-state index is -3.61. The van der Waals surface area contributed by atoms with Crippen LogP contribution in [0.25, 0.3) is 0 Å². The molecule has 2 aromatic carbocycles. The van der Waals surface area contributed by atoms with Crippen molar-refractivity contribution >= 4 is 37.0 Å². The first-order valence-corrected chi connectivity index (χ1v) is 16.0. The summed E-state index contributed by atoms with van der Waals surface area (Å²) in [5, 5.41) is 5.73. The smallest absolute Gasteiger partial charge is 0.257 e. The lowest BCUT2D eigenvalue weighted by Gasteiger charge is -2.21. The van der Waals surface area contributed by atoms with E-state index in [4.69, 9.17) is 9.52 Å². The number of nitrogens with one attached hydrogen (secondary N) is 3. The van der Waals surface area contributed by atoms with E-state index >= 15 is 0 Å². The van der Waals surface area contributed by atoms with Gasteiger partial charge < -0.3 is 15.4 Å². The Morgan fingerprint density at radius 2 is 1.78 bits per heavy atom. The second-order valence-electron chi connectivity index (χ2n) is 9.23. The van der Waals surface area contributed by atoms with Gasteiger partial charge in [-0.05, 0) is 61.9 Å². The van der Waals surface area contributed by atoms with Crippen molar-refractivity contribution < 1.29 is 22.2 Å². The normalized spacial score (nSPS) is 14.0. The highest BCUT2D eigenvalue weighted by Crippen LogP contribution is 2.28. The Bertz CT molecular complexity index is 1250. The standard InChI is InChI=1S/C26H40N4O5S2/c1-6-20(2)9-7-8-18-37(27,34)23-13-10-21(11-14-23)29-26(31)24-19-22(35-17-16-28-3)12-15-25(24)30(4)36(5,32)33/h10-15,19-20,27-28H,6-9,16-18H2,1-5H3,(H,29,31)/t20-,37?/m1/s1. The quantitative estimate of drug-likeness (QED) is 0.278. The lowest BCUT2D eigenvalue weighted by molar-refractivity contribution is 0.102. The molecule has 0 fully saturated rings. The Kier molecular flexibility index (Phi) is 11.4.